The molecule has 5 nitrogen and oxygen atoms in total. The fourth-order valence-electron chi connectivity index (χ4n) is 3.55. The Hall–Kier alpha value is -2.14. The van der Waals surface area contributed by atoms with Crippen molar-refractivity contribution in [3.8, 4) is 0 Å². The van der Waals surface area contributed by atoms with Gasteiger partial charge in [-0.25, -0.2) is 0 Å². The molecule has 3 N–H and O–H groups in total. The number of nitrogens with two attached hydrogens (primary N) is 1. The summed E-state index contributed by atoms with van der Waals surface area (Å²) in [6, 6.07) is 10.1. The second-order valence-electron chi connectivity index (χ2n) is 6.99. The monoisotopic (exact) mass is 326 g/mol. The van der Waals surface area contributed by atoms with Crippen LogP contribution in [0.15, 0.2) is 42.7 Å². The summed E-state index contributed by atoms with van der Waals surface area (Å²) in [6.45, 7) is 3.24. The summed E-state index contributed by atoms with van der Waals surface area (Å²) >= 11 is 0. The maximum atomic E-state index is 12.6. The molecule has 1 aliphatic rings. The number of nitrogens with one attached hydrogen (secondary N) is 1. The van der Waals surface area contributed by atoms with E-state index in [0.29, 0.717) is 13.1 Å². The Labute approximate surface area is 143 Å². The molecule has 1 aromatic heterocycles. The van der Waals surface area contributed by atoms with E-state index in [0.717, 1.165) is 31.2 Å². The van der Waals surface area contributed by atoms with Crippen LogP contribution in [-0.2, 0) is 17.9 Å². The quantitative estimate of drug-likeness (QED) is 0.886. The van der Waals surface area contributed by atoms with Gasteiger partial charge in [0.25, 0.3) is 0 Å². The van der Waals surface area contributed by atoms with Gasteiger partial charge >= 0.3 is 0 Å². The lowest BCUT2D eigenvalue weighted by molar-refractivity contribution is -0.128. The molecule has 0 saturated heterocycles. The van der Waals surface area contributed by atoms with Crippen molar-refractivity contribution >= 4 is 5.91 Å². The molecule has 2 atom stereocenters. The molecule has 1 aliphatic carbocycles. The van der Waals surface area contributed by atoms with Crippen LogP contribution in [0.25, 0.3) is 0 Å². The molecule has 0 radical (unpaired) electrons. The molecule has 1 saturated carbocycles. The molecule has 2 aromatic rings. The van der Waals surface area contributed by atoms with E-state index in [9.17, 15) is 4.79 Å². The largest absolute Gasteiger partial charge is 0.352 e. The van der Waals surface area contributed by atoms with Crippen molar-refractivity contribution in [2.75, 3.05) is 0 Å². The minimum atomic E-state index is -0.392. The van der Waals surface area contributed by atoms with Crippen molar-refractivity contribution in [2.45, 2.75) is 51.2 Å². The Morgan fingerprint density at radius 3 is 2.83 bits per heavy atom. The Bertz CT molecular complexity index is 678. The summed E-state index contributed by atoms with van der Waals surface area (Å²) in [7, 11) is 0. The van der Waals surface area contributed by atoms with Crippen LogP contribution in [0.2, 0.25) is 0 Å². The van der Waals surface area contributed by atoms with Crippen LogP contribution >= 0.6 is 0 Å². The molecule has 1 fully saturated rings. The lowest BCUT2D eigenvalue weighted by Crippen LogP contribution is -2.52. The Kier molecular flexibility index (Phi) is 5.00. The van der Waals surface area contributed by atoms with E-state index >= 15 is 0 Å². The van der Waals surface area contributed by atoms with Gasteiger partial charge in [-0.05, 0) is 37.0 Å². The highest BCUT2D eigenvalue weighted by Gasteiger charge is 2.37. The van der Waals surface area contributed by atoms with Crippen LogP contribution in [0, 0.1) is 5.92 Å². The molecule has 5 heteroatoms. The van der Waals surface area contributed by atoms with Crippen molar-refractivity contribution in [3.63, 3.8) is 0 Å². The molecule has 1 amide bonds. The van der Waals surface area contributed by atoms with E-state index in [-0.39, 0.29) is 11.8 Å². The standard InChI is InChI=1S/C19H26N4O/c1-19(20)10-5-4-9-17(19)18(24)21-13-15-7-2-3-8-16(15)14-23-12-6-11-22-23/h2-3,6-8,11-12,17H,4-5,9-10,13-14,20H2,1H3,(H,21,24). The van der Waals surface area contributed by atoms with E-state index in [2.05, 4.69) is 22.5 Å². The molecule has 1 aromatic carbocycles. The number of aromatic nitrogens is 2. The number of hydrogen-bond acceptors (Lipinski definition) is 3. The van der Waals surface area contributed by atoms with Gasteiger partial charge in [0.15, 0.2) is 0 Å². The third kappa shape index (κ3) is 3.85. The average molecular weight is 326 g/mol. The van der Waals surface area contributed by atoms with Crippen LogP contribution in [-0.4, -0.2) is 21.2 Å². The van der Waals surface area contributed by atoms with E-state index in [4.69, 9.17) is 5.73 Å². The maximum absolute atomic E-state index is 12.6. The molecule has 3 rings (SSSR count). The van der Waals surface area contributed by atoms with Crippen LogP contribution in [0.4, 0.5) is 0 Å². The predicted octanol–water partition coefficient (Wildman–Crippen LogP) is 2.46. The molecule has 0 aliphatic heterocycles. The van der Waals surface area contributed by atoms with Crippen molar-refractivity contribution in [1.29, 1.82) is 0 Å². The lowest BCUT2D eigenvalue weighted by Gasteiger charge is -2.37. The van der Waals surface area contributed by atoms with Gasteiger partial charge < -0.3 is 11.1 Å². The van der Waals surface area contributed by atoms with Crippen LogP contribution < -0.4 is 11.1 Å². The topological polar surface area (TPSA) is 72.9 Å². The minimum absolute atomic E-state index is 0.0774. The van der Waals surface area contributed by atoms with Gasteiger partial charge in [0.1, 0.15) is 0 Å². The van der Waals surface area contributed by atoms with E-state index in [1.807, 2.05) is 36.0 Å². The average Bonchev–Trinajstić information content (AvgIpc) is 3.06. The number of nitrogens with zero attached hydrogens (tertiary/aromatic N) is 2. The summed E-state index contributed by atoms with van der Waals surface area (Å²) in [5.41, 5.74) is 8.24. The molecule has 2 unspecified atom stereocenters. The fraction of sp³-hybridized carbons (Fsp3) is 0.474. The van der Waals surface area contributed by atoms with Crippen molar-refractivity contribution in [2.24, 2.45) is 11.7 Å². The van der Waals surface area contributed by atoms with Gasteiger partial charge in [-0.3, -0.25) is 9.48 Å². The lowest BCUT2D eigenvalue weighted by atomic mass is 9.74. The van der Waals surface area contributed by atoms with E-state index in [1.54, 1.807) is 6.20 Å². The SMILES string of the molecule is CC1(N)CCCCC1C(=O)NCc1ccccc1Cn1cccn1. The Morgan fingerprint density at radius 2 is 2.12 bits per heavy atom. The summed E-state index contributed by atoms with van der Waals surface area (Å²) in [6.07, 6.45) is 7.71. The van der Waals surface area contributed by atoms with Crippen LogP contribution in [0.1, 0.15) is 43.7 Å². The summed E-state index contributed by atoms with van der Waals surface area (Å²) < 4.78 is 1.89. The molecule has 128 valence electrons. The minimum Gasteiger partial charge on any atom is -0.352 e. The highest BCUT2D eigenvalue weighted by Crippen LogP contribution is 2.31. The summed E-state index contributed by atoms with van der Waals surface area (Å²) in [4.78, 5) is 12.6. The number of benzene rings is 1. The van der Waals surface area contributed by atoms with Gasteiger partial charge in [0.2, 0.25) is 5.91 Å². The molecular weight excluding hydrogens is 300 g/mol. The Balaban J connectivity index is 1.65. The first-order chi connectivity index (χ1) is 11.6. The third-order valence-electron chi connectivity index (χ3n) is 5.03. The smallest absolute Gasteiger partial charge is 0.225 e. The van der Waals surface area contributed by atoms with Gasteiger partial charge in [-0.15, -0.1) is 0 Å². The maximum Gasteiger partial charge on any atom is 0.225 e. The number of amides is 1. The van der Waals surface area contributed by atoms with Crippen molar-refractivity contribution in [3.05, 3.63) is 53.9 Å². The normalized spacial score (nSPS) is 23.8. The Morgan fingerprint density at radius 1 is 1.33 bits per heavy atom. The first kappa shape index (κ1) is 16.7. The second-order valence-corrected chi connectivity index (χ2v) is 6.99. The molecule has 0 bridgehead atoms. The third-order valence-corrected chi connectivity index (χ3v) is 5.03. The zero-order valence-electron chi connectivity index (χ0n) is 14.2. The first-order valence-corrected chi connectivity index (χ1v) is 8.67. The highest BCUT2D eigenvalue weighted by molar-refractivity contribution is 5.80. The van der Waals surface area contributed by atoms with Crippen molar-refractivity contribution < 1.29 is 4.79 Å². The molecule has 1 heterocycles. The van der Waals surface area contributed by atoms with Crippen LogP contribution in [0.3, 0.4) is 0 Å². The fourth-order valence-corrected chi connectivity index (χ4v) is 3.55. The van der Waals surface area contributed by atoms with E-state index < -0.39 is 5.54 Å². The van der Waals surface area contributed by atoms with Gasteiger partial charge in [-0.1, -0.05) is 37.1 Å². The van der Waals surface area contributed by atoms with Crippen LogP contribution in [0.5, 0.6) is 0 Å². The van der Waals surface area contributed by atoms with E-state index in [1.165, 1.54) is 5.56 Å². The zero-order chi connectivity index (χ0) is 17.0. The highest BCUT2D eigenvalue weighted by atomic mass is 16.1. The molecular formula is C19H26N4O. The molecule has 0 spiro atoms. The van der Waals surface area contributed by atoms with Crippen molar-refractivity contribution in [1.82, 2.24) is 15.1 Å². The first-order valence-electron chi connectivity index (χ1n) is 8.67. The van der Waals surface area contributed by atoms with Gasteiger partial charge in [0, 0.05) is 24.5 Å². The predicted molar refractivity (Wildman–Crippen MR) is 94.2 cm³/mol. The number of rotatable bonds is 5. The zero-order valence-corrected chi connectivity index (χ0v) is 14.2. The second kappa shape index (κ2) is 7.18. The summed E-state index contributed by atoms with van der Waals surface area (Å²) in [5, 5.41) is 7.35. The number of carbonyl (C=O) groups excluding carboxylic acids is 1. The number of hydrogen-bond donors (Lipinski definition) is 2. The number of carbonyl (C=O) groups is 1. The van der Waals surface area contributed by atoms with Gasteiger partial charge in [0.05, 0.1) is 12.5 Å². The van der Waals surface area contributed by atoms with Gasteiger partial charge in [-0.2, -0.15) is 5.10 Å². The summed E-state index contributed by atoms with van der Waals surface area (Å²) in [5.74, 6) is -0.0156. The molecule has 24 heavy (non-hydrogen) atoms.